The van der Waals surface area contributed by atoms with Crippen LogP contribution in [0.5, 0.6) is 0 Å². The second-order valence-corrected chi connectivity index (χ2v) is 7.72. The number of Topliss-reactive ketones (excluding diaryl/α,β-unsaturated/α-hetero) is 1. The molecule has 0 aliphatic rings. The first-order chi connectivity index (χ1) is 17.7. The number of nitrogens with zero attached hydrogens (tertiary/aromatic N) is 2. The molecule has 17 nitrogen and oxygen atoms in total. The van der Waals surface area contributed by atoms with Crippen molar-refractivity contribution in [2.24, 2.45) is 0 Å². The molecule has 7 amide bonds. The van der Waals surface area contributed by atoms with Gasteiger partial charge in [-0.05, 0) is 6.92 Å². The number of likely N-dealkylation sites (N-methyl/N-ethyl adjacent to an activating group) is 1. The van der Waals surface area contributed by atoms with Gasteiger partial charge >= 0.3 is 5.97 Å². The fourth-order valence-corrected chi connectivity index (χ4v) is 2.39. The van der Waals surface area contributed by atoms with Gasteiger partial charge in [0.25, 0.3) is 5.91 Å². The topological polar surface area (TPSA) is 229 Å². The van der Waals surface area contributed by atoms with Gasteiger partial charge in [0.05, 0.1) is 26.3 Å². The fourth-order valence-electron chi connectivity index (χ4n) is 2.39. The number of amides is 7. The Morgan fingerprint density at radius 3 is 1.68 bits per heavy atom. The second kappa shape index (κ2) is 17.8. The number of esters is 1. The predicted octanol–water partition coefficient (Wildman–Crippen LogP) is -5.02. The van der Waals surface area contributed by atoms with Crippen LogP contribution in [0.25, 0.3) is 0 Å². The zero-order valence-corrected chi connectivity index (χ0v) is 21.6. The Morgan fingerprint density at radius 1 is 0.605 bits per heavy atom. The van der Waals surface area contributed by atoms with E-state index in [0.717, 1.165) is 16.7 Å². The number of ketones is 1. The largest absolute Gasteiger partial charge is 0.456 e. The van der Waals surface area contributed by atoms with Crippen molar-refractivity contribution in [3.63, 3.8) is 0 Å². The highest BCUT2D eigenvalue weighted by Crippen LogP contribution is 1.94. The Labute approximate surface area is 218 Å². The molecular weight excluding hydrogens is 510 g/mol. The average molecular weight is 544 g/mol. The molecular formula is C21H33N7O10. The highest BCUT2D eigenvalue weighted by Gasteiger charge is 2.23. The van der Waals surface area contributed by atoms with Gasteiger partial charge in [-0.1, -0.05) is 0 Å². The standard InChI is InChI=1S/C21H33N7O10/c1-13(29)5-24-19(35)10-28(12-26-16(32)6-23-14(2)30)20(36)7-25-18(34)9-27(8-17(33)22-4)21(37)11-38-15(3)31/h5-12H2,1-4H3,(H,22,33)(H,23,30)(H,24,35)(H,25,34)(H,26,32). The maximum Gasteiger partial charge on any atom is 0.303 e. The molecule has 0 atom stereocenters. The highest BCUT2D eigenvalue weighted by molar-refractivity contribution is 5.93. The third kappa shape index (κ3) is 16.2. The number of carbonyl (C=O) groups excluding carboxylic acids is 9. The third-order valence-corrected chi connectivity index (χ3v) is 4.32. The van der Waals surface area contributed by atoms with Crippen molar-refractivity contribution in [3.8, 4) is 0 Å². The van der Waals surface area contributed by atoms with Gasteiger partial charge in [-0.2, -0.15) is 0 Å². The summed E-state index contributed by atoms with van der Waals surface area (Å²) in [6.45, 7) is -0.752. The maximum atomic E-state index is 12.7. The van der Waals surface area contributed by atoms with Crippen LogP contribution in [0.3, 0.4) is 0 Å². The molecule has 0 saturated heterocycles. The third-order valence-electron chi connectivity index (χ3n) is 4.32. The van der Waals surface area contributed by atoms with Crippen molar-refractivity contribution in [1.29, 1.82) is 0 Å². The first-order valence-corrected chi connectivity index (χ1v) is 11.2. The minimum atomic E-state index is -0.853. The zero-order valence-electron chi connectivity index (χ0n) is 21.6. The average Bonchev–Trinajstić information content (AvgIpc) is 2.84. The molecule has 0 aromatic rings. The van der Waals surface area contributed by atoms with Crippen LogP contribution >= 0.6 is 0 Å². The molecule has 0 aliphatic heterocycles. The summed E-state index contributed by atoms with van der Waals surface area (Å²) in [7, 11) is 1.31. The molecule has 0 bridgehead atoms. The number of rotatable bonds is 16. The molecule has 0 unspecified atom stereocenters. The molecule has 38 heavy (non-hydrogen) atoms. The Bertz CT molecular complexity index is 937. The SMILES string of the molecule is CNC(=O)CN(CC(=O)NCC(=O)N(CNC(=O)CNC(C)=O)CC(=O)NCC(C)=O)C(=O)COC(C)=O. The number of hydrogen-bond donors (Lipinski definition) is 5. The van der Waals surface area contributed by atoms with E-state index in [1.165, 1.54) is 20.9 Å². The summed E-state index contributed by atoms with van der Waals surface area (Å²) in [6.07, 6.45) is 0. The van der Waals surface area contributed by atoms with Crippen molar-refractivity contribution in [2.45, 2.75) is 20.8 Å². The monoisotopic (exact) mass is 543 g/mol. The lowest BCUT2D eigenvalue weighted by molar-refractivity contribution is -0.151. The summed E-state index contributed by atoms with van der Waals surface area (Å²) < 4.78 is 4.59. The van der Waals surface area contributed by atoms with Crippen LogP contribution in [-0.4, -0.2) is 122 Å². The van der Waals surface area contributed by atoms with Crippen molar-refractivity contribution < 1.29 is 47.9 Å². The van der Waals surface area contributed by atoms with Crippen molar-refractivity contribution in [1.82, 2.24) is 36.4 Å². The molecule has 0 heterocycles. The second-order valence-electron chi connectivity index (χ2n) is 7.72. The number of hydrogen-bond acceptors (Lipinski definition) is 10. The van der Waals surface area contributed by atoms with E-state index in [2.05, 4.69) is 31.3 Å². The molecule has 0 aromatic carbocycles. The minimum Gasteiger partial charge on any atom is -0.456 e. The number of ether oxygens (including phenoxy) is 1. The smallest absolute Gasteiger partial charge is 0.303 e. The van der Waals surface area contributed by atoms with Crippen LogP contribution in [-0.2, 0) is 47.9 Å². The number of nitrogens with one attached hydrogen (secondary N) is 5. The summed E-state index contributed by atoms with van der Waals surface area (Å²) in [5.74, 6) is -6.04. The van der Waals surface area contributed by atoms with Crippen LogP contribution < -0.4 is 26.6 Å². The molecule has 0 radical (unpaired) electrons. The fraction of sp³-hybridized carbons (Fsp3) is 0.571. The van der Waals surface area contributed by atoms with Gasteiger partial charge in [0.2, 0.25) is 35.4 Å². The normalized spacial score (nSPS) is 9.79. The Balaban J connectivity index is 5.19. The quantitative estimate of drug-likeness (QED) is 0.0919. The van der Waals surface area contributed by atoms with Crippen LogP contribution in [0.2, 0.25) is 0 Å². The lowest BCUT2D eigenvalue weighted by Gasteiger charge is -2.24. The number of carbonyl (C=O) groups is 9. The molecule has 0 spiro atoms. The van der Waals surface area contributed by atoms with E-state index in [1.54, 1.807) is 0 Å². The Hall–Kier alpha value is -4.57. The van der Waals surface area contributed by atoms with E-state index in [1.807, 2.05) is 0 Å². The summed E-state index contributed by atoms with van der Waals surface area (Å²) in [5, 5.41) is 11.4. The molecule has 0 aromatic heterocycles. The Morgan fingerprint density at radius 2 is 1.16 bits per heavy atom. The van der Waals surface area contributed by atoms with E-state index in [4.69, 9.17) is 0 Å². The van der Waals surface area contributed by atoms with Gasteiger partial charge in [-0.25, -0.2) is 0 Å². The van der Waals surface area contributed by atoms with Gasteiger partial charge in [0.1, 0.15) is 25.4 Å². The summed E-state index contributed by atoms with van der Waals surface area (Å²) >= 11 is 0. The van der Waals surface area contributed by atoms with Gasteiger partial charge in [-0.15, -0.1) is 0 Å². The first-order valence-electron chi connectivity index (χ1n) is 11.2. The lowest BCUT2D eigenvalue weighted by Crippen LogP contribution is -2.52. The van der Waals surface area contributed by atoms with Crippen LogP contribution in [0.1, 0.15) is 20.8 Å². The molecule has 5 N–H and O–H groups in total. The van der Waals surface area contributed by atoms with Gasteiger partial charge in [0.15, 0.2) is 6.61 Å². The van der Waals surface area contributed by atoms with Crippen molar-refractivity contribution >= 4 is 53.1 Å². The van der Waals surface area contributed by atoms with Crippen LogP contribution in [0.4, 0.5) is 0 Å². The molecule has 0 fully saturated rings. The first kappa shape index (κ1) is 33.4. The van der Waals surface area contributed by atoms with Gasteiger partial charge in [0, 0.05) is 20.9 Å². The zero-order chi connectivity index (χ0) is 29.3. The van der Waals surface area contributed by atoms with Gasteiger partial charge in [-0.3, -0.25) is 43.2 Å². The van der Waals surface area contributed by atoms with Gasteiger partial charge < -0.3 is 41.1 Å². The molecule has 17 heteroatoms. The van der Waals surface area contributed by atoms with Crippen LogP contribution in [0.15, 0.2) is 0 Å². The van der Waals surface area contributed by atoms with E-state index < -0.39 is 86.8 Å². The van der Waals surface area contributed by atoms with E-state index in [9.17, 15) is 43.2 Å². The van der Waals surface area contributed by atoms with E-state index in [-0.39, 0.29) is 18.9 Å². The molecule has 212 valence electrons. The predicted molar refractivity (Wildman–Crippen MR) is 127 cm³/mol. The van der Waals surface area contributed by atoms with Crippen LogP contribution in [0, 0.1) is 0 Å². The maximum absolute atomic E-state index is 12.7. The molecule has 0 saturated carbocycles. The van der Waals surface area contributed by atoms with Crippen molar-refractivity contribution in [3.05, 3.63) is 0 Å². The highest BCUT2D eigenvalue weighted by atomic mass is 16.5. The summed E-state index contributed by atoms with van der Waals surface area (Å²) in [6, 6.07) is 0. The van der Waals surface area contributed by atoms with E-state index in [0.29, 0.717) is 0 Å². The lowest BCUT2D eigenvalue weighted by atomic mass is 10.3. The molecule has 0 aliphatic carbocycles. The summed E-state index contributed by atoms with van der Waals surface area (Å²) in [4.78, 5) is 108. The Kier molecular flexibility index (Phi) is 15.7. The van der Waals surface area contributed by atoms with E-state index >= 15 is 0 Å². The summed E-state index contributed by atoms with van der Waals surface area (Å²) in [5.41, 5.74) is 0. The van der Waals surface area contributed by atoms with Crippen molar-refractivity contribution in [2.75, 3.05) is 59.6 Å². The minimum absolute atomic E-state index is 0.283. The molecule has 0 rings (SSSR count).